The van der Waals surface area contributed by atoms with Gasteiger partial charge in [-0.25, -0.2) is 0 Å². The van der Waals surface area contributed by atoms with Crippen molar-refractivity contribution in [1.82, 2.24) is 0 Å². The van der Waals surface area contributed by atoms with Gasteiger partial charge in [0.05, 0.1) is 6.42 Å². The average molecular weight is 186 g/mol. The third-order valence-electron chi connectivity index (χ3n) is 1.69. The van der Waals surface area contributed by atoms with Crippen LogP contribution in [0.2, 0.25) is 0 Å². The molecule has 0 fully saturated rings. The number of aliphatic carboxylic acids is 1. The molecule has 0 radical (unpaired) electrons. The number of carbonyl (C=O) groups is 3. The maximum absolute atomic E-state index is 11.0. The maximum atomic E-state index is 11.0. The summed E-state index contributed by atoms with van der Waals surface area (Å²) in [7, 11) is 0. The van der Waals surface area contributed by atoms with Crippen LogP contribution in [-0.2, 0) is 14.4 Å². The molecule has 4 nitrogen and oxygen atoms in total. The molecule has 0 atom stereocenters. The van der Waals surface area contributed by atoms with E-state index in [1.165, 1.54) is 0 Å². The SMILES string of the molecule is CCC(=O)CCC(=O)CCC(=O)O. The Balaban J connectivity index is 3.52. The van der Waals surface area contributed by atoms with Crippen molar-refractivity contribution in [3.63, 3.8) is 0 Å². The molecule has 0 spiro atoms. The van der Waals surface area contributed by atoms with Crippen LogP contribution in [-0.4, -0.2) is 22.6 Å². The second-order valence-electron chi connectivity index (χ2n) is 2.82. The number of Topliss-reactive ketones (excluding diaryl/α,β-unsaturated/α-hetero) is 2. The van der Waals surface area contributed by atoms with E-state index in [0.29, 0.717) is 6.42 Å². The zero-order chi connectivity index (χ0) is 10.3. The lowest BCUT2D eigenvalue weighted by molar-refractivity contribution is -0.138. The zero-order valence-corrected chi connectivity index (χ0v) is 7.71. The summed E-state index contributed by atoms with van der Waals surface area (Å²) in [6.45, 7) is 1.74. The van der Waals surface area contributed by atoms with Crippen molar-refractivity contribution in [2.45, 2.75) is 39.0 Å². The van der Waals surface area contributed by atoms with Crippen LogP contribution in [0.4, 0.5) is 0 Å². The van der Waals surface area contributed by atoms with E-state index in [2.05, 4.69) is 0 Å². The molecule has 74 valence electrons. The number of ketones is 2. The van der Waals surface area contributed by atoms with Crippen molar-refractivity contribution < 1.29 is 19.5 Å². The minimum Gasteiger partial charge on any atom is -0.481 e. The summed E-state index contributed by atoms with van der Waals surface area (Å²) in [4.78, 5) is 31.8. The molecule has 4 heteroatoms. The fourth-order valence-electron chi connectivity index (χ4n) is 0.827. The summed E-state index contributed by atoms with van der Waals surface area (Å²) in [5, 5.41) is 8.27. The smallest absolute Gasteiger partial charge is 0.303 e. The molecular formula is C9H14O4. The van der Waals surface area contributed by atoms with Crippen LogP contribution in [0.25, 0.3) is 0 Å². The third-order valence-corrected chi connectivity index (χ3v) is 1.69. The van der Waals surface area contributed by atoms with Crippen LogP contribution in [0, 0.1) is 0 Å². The van der Waals surface area contributed by atoms with E-state index in [1.807, 2.05) is 0 Å². The molecule has 0 aliphatic rings. The molecule has 0 aliphatic heterocycles. The number of hydrogen-bond acceptors (Lipinski definition) is 3. The van der Waals surface area contributed by atoms with Gasteiger partial charge in [-0.05, 0) is 0 Å². The summed E-state index contributed by atoms with van der Waals surface area (Å²) in [5.74, 6) is -1.08. The first-order valence-electron chi connectivity index (χ1n) is 4.31. The molecule has 0 aromatic rings. The highest BCUT2D eigenvalue weighted by molar-refractivity contribution is 5.87. The highest BCUT2D eigenvalue weighted by atomic mass is 16.4. The van der Waals surface area contributed by atoms with Gasteiger partial charge in [-0.15, -0.1) is 0 Å². The average Bonchev–Trinajstić information content (AvgIpc) is 2.10. The van der Waals surface area contributed by atoms with Gasteiger partial charge in [0.25, 0.3) is 0 Å². The number of hydrogen-bond donors (Lipinski definition) is 1. The molecule has 0 saturated heterocycles. The Morgan fingerprint density at radius 2 is 1.38 bits per heavy atom. The fraction of sp³-hybridized carbons (Fsp3) is 0.667. The van der Waals surface area contributed by atoms with Gasteiger partial charge in [0.15, 0.2) is 0 Å². The van der Waals surface area contributed by atoms with Crippen molar-refractivity contribution in [2.75, 3.05) is 0 Å². The summed E-state index contributed by atoms with van der Waals surface area (Å²) >= 11 is 0. The molecule has 1 N–H and O–H groups in total. The normalized spacial score (nSPS) is 9.62. The first-order chi connectivity index (χ1) is 6.06. The minimum absolute atomic E-state index is 0.0341. The van der Waals surface area contributed by atoms with E-state index in [4.69, 9.17) is 5.11 Å². The number of rotatable bonds is 7. The lowest BCUT2D eigenvalue weighted by Crippen LogP contribution is -2.05. The highest BCUT2D eigenvalue weighted by Gasteiger charge is 2.07. The Morgan fingerprint density at radius 1 is 0.923 bits per heavy atom. The van der Waals surface area contributed by atoms with Gasteiger partial charge in [0.2, 0.25) is 0 Å². The molecule has 0 aromatic carbocycles. The van der Waals surface area contributed by atoms with Gasteiger partial charge in [-0.1, -0.05) is 6.92 Å². The van der Waals surface area contributed by atoms with Crippen molar-refractivity contribution in [1.29, 1.82) is 0 Å². The van der Waals surface area contributed by atoms with Crippen molar-refractivity contribution in [3.8, 4) is 0 Å². The molecule has 0 saturated carbocycles. The van der Waals surface area contributed by atoms with Gasteiger partial charge >= 0.3 is 5.97 Å². The predicted molar refractivity (Wildman–Crippen MR) is 46.4 cm³/mol. The number of carbonyl (C=O) groups excluding carboxylic acids is 2. The van der Waals surface area contributed by atoms with Gasteiger partial charge in [-0.2, -0.15) is 0 Å². The van der Waals surface area contributed by atoms with Crippen molar-refractivity contribution >= 4 is 17.5 Å². The first kappa shape index (κ1) is 11.8. The molecule has 0 unspecified atom stereocenters. The standard InChI is InChI=1S/C9H14O4/c1-2-7(10)3-4-8(11)5-6-9(12)13/h2-6H2,1H3,(H,12,13). The topological polar surface area (TPSA) is 71.4 Å². The van der Waals surface area contributed by atoms with Crippen LogP contribution < -0.4 is 0 Å². The lowest BCUT2D eigenvalue weighted by atomic mass is 10.1. The van der Waals surface area contributed by atoms with Crippen LogP contribution in [0.1, 0.15) is 39.0 Å². The van der Waals surface area contributed by atoms with E-state index in [-0.39, 0.29) is 37.2 Å². The summed E-state index contributed by atoms with van der Waals surface area (Å²) in [5.41, 5.74) is 0. The van der Waals surface area contributed by atoms with Crippen molar-refractivity contribution in [3.05, 3.63) is 0 Å². The number of carboxylic acid groups (broad SMARTS) is 1. The largest absolute Gasteiger partial charge is 0.481 e. The molecule has 0 aromatic heterocycles. The fourth-order valence-corrected chi connectivity index (χ4v) is 0.827. The molecule has 0 aliphatic carbocycles. The molecule has 0 amide bonds. The maximum Gasteiger partial charge on any atom is 0.303 e. The monoisotopic (exact) mass is 186 g/mol. The third kappa shape index (κ3) is 7.18. The Morgan fingerprint density at radius 3 is 1.85 bits per heavy atom. The van der Waals surface area contributed by atoms with Crippen molar-refractivity contribution in [2.24, 2.45) is 0 Å². The van der Waals surface area contributed by atoms with Gasteiger partial charge in [-0.3, -0.25) is 14.4 Å². The van der Waals surface area contributed by atoms with E-state index < -0.39 is 5.97 Å². The predicted octanol–water partition coefficient (Wildman–Crippen LogP) is 1.18. The van der Waals surface area contributed by atoms with Crippen LogP contribution in [0.5, 0.6) is 0 Å². The van der Waals surface area contributed by atoms with E-state index in [9.17, 15) is 14.4 Å². The van der Waals surface area contributed by atoms with Gasteiger partial charge < -0.3 is 5.11 Å². The Labute approximate surface area is 76.9 Å². The van der Waals surface area contributed by atoms with Crippen LogP contribution >= 0.6 is 0 Å². The Kier molecular flexibility index (Phi) is 5.76. The second kappa shape index (κ2) is 6.34. The Hall–Kier alpha value is -1.19. The van der Waals surface area contributed by atoms with Gasteiger partial charge in [0.1, 0.15) is 11.6 Å². The zero-order valence-electron chi connectivity index (χ0n) is 7.71. The molecule has 0 heterocycles. The van der Waals surface area contributed by atoms with E-state index >= 15 is 0 Å². The second-order valence-corrected chi connectivity index (χ2v) is 2.82. The number of carboxylic acids is 1. The minimum atomic E-state index is -0.977. The molecular weight excluding hydrogens is 172 g/mol. The van der Waals surface area contributed by atoms with E-state index in [1.54, 1.807) is 6.92 Å². The lowest BCUT2D eigenvalue weighted by Gasteiger charge is -1.96. The van der Waals surface area contributed by atoms with Crippen LogP contribution in [0.15, 0.2) is 0 Å². The first-order valence-corrected chi connectivity index (χ1v) is 4.31. The van der Waals surface area contributed by atoms with E-state index in [0.717, 1.165) is 0 Å². The molecule has 0 bridgehead atoms. The summed E-state index contributed by atoms with van der Waals surface area (Å²) < 4.78 is 0. The van der Waals surface area contributed by atoms with Crippen LogP contribution in [0.3, 0.4) is 0 Å². The highest BCUT2D eigenvalue weighted by Crippen LogP contribution is 2.00. The summed E-state index contributed by atoms with van der Waals surface area (Å²) in [6, 6.07) is 0. The molecule has 13 heavy (non-hydrogen) atoms. The molecule has 0 rings (SSSR count). The quantitative estimate of drug-likeness (QED) is 0.648. The van der Waals surface area contributed by atoms with Gasteiger partial charge in [0, 0.05) is 25.7 Å². The Bertz CT molecular complexity index is 208. The summed E-state index contributed by atoms with van der Waals surface area (Å²) in [6.07, 6.45) is 0.757.